The van der Waals surface area contributed by atoms with Crippen molar-refractivity contribution >= 4 is 11.6 Å². The Kier molecular flexibility index (Phi) is 4.92. The van der Waals surface area contributed by atoms with E-state index in [-0.39, 0.29) is 5.54 Å². The molecule has 1 aliphatic carbocycles. The Morgan fingerprint density at radius 1 is 1.16 bits per heavy atom. The highest BCUT2D eigenvalue weighted by atomic mass is 35.5. The van der Waals surface area contributed by atoms with Gasteiger partial charge < -0.3 is 5.73 Å². The van der Waals surface area contributed by atoms with Gasteiger partial charge in [0.1, 0.15) is 0 Å². The zero-order chi connectivity index (χ0) is 13.9. The molecule has 0 spiro atoms. The maximum Gasteiger partial charge on any atom is 0.0444 e. The normalized spacial score (nSPS) is 18.8. The Morgan fingerprint density at radius 3 is 2.32 bits per heavy atom. The molecule has 0 radical (unpaired) electrons. The van der Waals surface area contributed by atoms with Gasteiger partial charge in [0.25, 0.3) is 0 Å². The van der Waals surface area contributed by atoms with Crippen LogP contribution in [0.4, 0.5) is 0 Å². The topological polar surface area (TPSA) is 26.0 Å². The van der Waals surface area contributed by atoms with Gasteiger partial charge in [0, 0.05) is 10.6 Å². The van der Waals surface area contributed by atoms with Crippen molar-refractivity contribution in [1.29, 1.82) is 0 Å². The summed E-state index contributed by atoms with van der Waals surface area (Å²) in [5.41, 5.74) is 8.95. The van der Waals surface area contributed by atoms with Crippen molar-refractivity contribution < 1.29 is 0 Å². The van der Waals surface area contributed by atoms with Gasteiger partial charge in [0.05, 0.1) is 0 Å². The van der Waals surface area contributed by atoms with Gasteiger partial charge in [0.15, 0.2) is 0 Å². The van der Waals surface area contributed by atoms with Gasteiger partial charge in [0.2, 0.25) is 0 Å². The fourth-order valence-electron chi connectivity index (χ4n) is 3.37. The predicted molar refractivity (Wildman–Crippen MR) is 83.7 cm³/mol. The van der Waals surface area contributed by atoms with Gasteiger partial charge in [-0.2, -0.15) is 0 Å². The second-order valence-electron chi connectivity index (χ2n) is 5.97. The van der Waals surface area contributed by atoms with Crippen LogP contribution >= 0.6 is 11.6 Å². The number of rotatable bonds is 4. The lowest BCUT2D eigenvalue weighted by atomic mass is 9.77. The minimum atomic E-state index is -0.144. The van der Waals surface area contributed by atoms with Crippen LogP contribution in [-0.4, -0.2) is 0 Å². The molecule has 1 nitrogen and oxygen atoms in total. The van der Waals surface area contributed by atoms with E-state index in [0.717, 1.165) is 30.7 Å². The van der Waals surface area contributed by atoms with E-state index in [1.54, 1.807) is 0 Å². The van der Waals surface area contributed by atoms with Gasteiger partial charge in [-0.15, -0.1) is 0 Å². The summed E-state index contributed by atoms with van der Waals surface area (Å²) in [5.74, 6) is 0.571. The number of halogens is 1. The third kappa shape index (κ3) is 3.14. The Bertz CT molecular complexity index is 417. The Morgan fingerprint density at radius 2 is 1.79 bits per heavy atom. The molecule has 1 aromatic rings. The van der Waals surface area contributed by atoms with Crippen LogP contribution in [0.2, 0.25) is 5.02 Å². The van der Waals surface area contributed by atoms with Gasteiger partial charge in [-0.3, -0.25) is 0 Å². The summed E-state index contributed by atoms with van der Waals surface area (Å²) in [5, 5.41) is 0.904. The standard InChI is InChI=1S/C17H26ClN/c1-3-13(4-2)15-9-8-14(12-16(15)18)17(19)10-6-5-7-11-17/h8-9,12-13H,3-7,10-11,19H2,1-2H3. The highest BCUT2D eigenvalue weighted by molar-refractivity contribution is 6.31. The summed E-state index contributed by atoms with van der Waals surface area (Å²) >= 11 is 6.51. The first kappa shape index (κ1) is 14.9. The molecule has 2 N–H and O–H groups in total. The maximum absolute atomic E-state index is 6.58. The molecule has 1 fully saturated rings. The molecule has 0 bridgehead atoms. The van der Waals surface area contributed by atoms with Crippen molar-refractivity contribution in [2.24, 2.45) is 5.73 Å². The van der Waals surface area contributed by atoms with Crippen molar-refractivity contribution in [3.8, 4) is 0 Å². The molecule has 19 heavy (non-hydrogen) atoms. The highest BCUT2D eigenvalue weighted by Crippen LogP contribution is 2.38. The van der Waals surface area contributed by atoms with E-state index in [9.17, 15) is 0 Å². The zero-order valence-corrected chi connectivity index (χ0v) is 13.0. The molecule has 0 saturated heterocycles. The quantitative estimate of drug-likeness (QED) is 0.789. The monoisotopic (exact) mass is 279 g/mol. The maximum atomic E-state index is 6.58. The van der Waals surface area contributed by atoms with Crippen molar-refractivity contribution in [3.63, 3.8) is 0 Å². The van der Waals surface area contributed by atoms with Crippen molar-refractivity contribution in [1.82, 2.24) is 0 Å². The summed E-state index contributed by atoms with van der Waals surface area (Å²) in [4.78, 5) is 0. The summed E-state index contributed by atoms with van der Waals surface area (Å²) in [6.45, 7) is 4.45. The summed E-state index contributed by atoms with van der Waals surface area (Å²) in [7, 11) is 0. The average Bonchev–Trinajstić information content (AvgIpc) is 2.42. The summed E-state index contributed by atoms with van der Waals surface area (Å²) in [6, 6.07) is 6.55. The first-order valence-electron chi connectivity index (χ1n) is 7.69. The van der Waals surface area contributed by atoms with Crippen LogP contribution in [0, 0.1) is 0 Å². The molecule has 0 amide bonds. The molecular weight excluding hydrogens is 254 g/mol. The van der Waals surface area contributed by atoms with E-state index in [4.69, 9.17) is 17.3 Å². The minimum Gasteiger partial charge on any atom is -0.321 e. The number of nitrogens with two attached hydrogens (primary N) is 1. The molecule has 2 heteroatoms. The molecule has 0 aliphatic heterocycles. The number of hydrogen-bond acceptors (Lipinski definition) is 1. The van der Waals surface area contributed by atoms with Gasteiger partial charge >= 0.3 is 0 Å². The van der Waals surface area contributed by atoms with E-state index in [1.165, 1.54) is 30.4 Å². The first-order chi connectivity index (χ1) is 9.10. The number of hydrogen-bond donors (Lipinski definition) is 1. The average molecular weight is 280 g/mol. The molecule has 0 aromatic heterocycles. The van der Waals surface area contributed by atoms with Gasteiger partial charge in [-0.25, -0.2) is 0 Å². The van der Waals surface area contributed by atoms with Crippen LogP contribution < -0.4 is 5.73 Å². The molecule has 0 heterocycles. The van der Waals surface area contributed by atoms with Crippen molar-refractivity contribution in [2.75, 3.05) is 0 Å². The molecule has 1 saturated carbocycles. The smallest absolute Gasteiger partial charge is 0.0444 e. The fourth-order valence-corrected chi connectivity index (χ4v) is 3.70. The molecule has 1 aliphatic rings. The van der Waals surface area contributed by atoms with Crippen LogP contribution in [-0.2, 0) is 5.54 Å². The van der Waals surface area contributed by atoms with E-state index >= 15 is 0 Å². The minimum absolute atomic E-state index is 0.144. The third-order valence-electron chi connectivity index (χ3n) is 4.75. The molecule has 2 rings (SSSR count). The molecule has 106 valence electrons. The van der Waals surface area contributed by atoms with Gasteiger partial charge in [-0.05, 0) is 48.8 Å². The number of benzene rings is 1. The SMILES string of the molecule is CCC(CC)c1ccc(C2(N)CCCCC2)cc1Cl. The second kappa shape index (κ2) is 6.28. The van der Waals surface area contributed by atoms with Crippen LogP contribution in [0.1, 0.15) is 75.8 Å². The van der Waals surface area contributed by atoms with Gasteiger partial charge in [-0.1, -0.05) is 56.8 Å². The van der Waals surface area contributed by atoms with Crippen molar-refractivity contribution in [3.05, 3.63) is 34.3 Å². The van der Waals surface area contributed by atoms with Crippen LogP contribution in [0.3, 0.4) is 0 Å². The van der Waals surface area contributed by atoms with Crippen LogP contribution in [0.25, 0.3) is 0 Å². The lowest BCUT2D eigenvalue weighted by Gasteiger charge is -2.34. The Hall–Kier alpha value is -0.530. The summed E-state index contributed by atoms with van der Waals surface area (Å²) in [6.07, 6.45) is 8.26. The van der Waals surface area contributed by atoms with Crippen LogP contribution in [0.15, 0.2) is 18.2 Å². The van der Waals surface area contributed by atoms with Crippen molar-refractivity contribution in [2.45, 2.75) is 70.3 Å². The lowest BCUT2D eigenvalue weighted by molar-refractivity contribution is 0.302. The van der Waals surface area contributed by atoms with E-state index in [0.29, 0.717) is 5.92 Å². The third-order valence-corrected chi connectivity index (χ3v) is 5.07. The van der Waals surface area contributed by atoms with E-state index in [2.05, 4.69) is 32.0 Å². The zero-order valence-electron chi connectivity index (χ0n) is 12.2. The molecule has 1 aromatic carbocycles. The van der Waals surface area contributed by atoms with Crippen LogP contribution in [0.5, 0.6) is 0 Å². The first-order valence-corrected chi connectivity index (χ1v) is 8.07. The fraction of sp³-hybridized carbons (Fsp3) is 0.647. The molecular formula is C17H26ClN. The molecule has 0 unspecified atom stereocenters. The Labute approximate surface area is 122 Å². The largest absolute Gasteiger partial charge is 0.321 e. The lowest BCUT2D eigenvalue weighted by Crippen LogP contribution is -2.38. The van der Waals surface area contributed by atoms with E-state index in [1.807, 2.05) is 0 Å². The molecule has 0 atom stereocenters. The highest BCUT2D eigenvalue weighted by Gasteiger charge is 2.29. The van der Waals surface area contributed by atoms with E-state index < -0.39 is 0 Å². The predicted octanol–water partition coefficient (Wildman–Crippen LogP) is 5.36. The summed E-state index contributed by atoms with van der Waals surface area (Å²) < 4.78 is 0. The Balaban J connectivity index is 2.27. The second-order valence-corrected chi connectivity index (χ2v) is 6.37.